The van der Waals surface area contributed by atoms with Gasteiger partial charge >= 0.3 is 0 Å². The highest BCUT2D eigenvalue weighted by molar-refractivity contribution is 9.09. The molecule has 1 saturated carbocycles. The molecule has 0 amide bonds. The maximum atomic E-state index is 4.25. The molecule has 1 aromatic rings. The molecule has 0 N–H and O–H groups in total. The lowest BCUT2D eigenvalue weighted by atomic mass is 10.0. The van der Waals surface area contributed by atoms with Gasteiger partial charge in [-0.15, -0.1) is 0 Å². The third kappa shape index (κ3) is 2.80. The van der Waals surface area contributed by atoms with Gasteiger partial charge in [-0.1, -0.05) is 28.8 Å². The monoisotopic (exact) mass is 271 g/mol. The van der Waals surface area contributed by atoms with E-state index in [0.717, 1.165) is 18.2 Å². The molecule has 0 aromatic carbocycles. The maximum absolute atomic E-state index is 4.25. The minimum absolute atomic E-state index is 0.664. The summed E-state index contributed by atoms with van der Waals surface area (Å²) < 4.78 is 1.87. The van der Waals surface area contributed by atoms with Crippen LogP contribution in [0.4, 0.5) is 0 Å². The van der Waals surface area contributed by atoms with Gasteiger partial charge in [-0.05, 0) is 25.2 Å². The van der Waals surface area contributed by atoms with E-state index in [0.29, 0.717) is 4.83 Å². The second-order valence-corrected chi connectivity index (χ2v) is 5.58. The van der Waals surface area contributed by atoms with Crippen molar-refractivity contribution in [3.8, 4) is 0 Å². The van der Waals surface area contributed by atoms with E-state index in [2.05, 4.69) is 26.0 Å². The molecule has 1 heterocycles. The predicted molar refractivity (Wildman–Crippen MR) is 64.0 cm³/mol. The van der Waals surface area contributed by atoms with Crippen LogP contribution in [-0.2, 0) is 13.5 Å². The van der Waals surface area contributed by atoms with E-state index < -0.39 is 0 Å². The fourth-order valence-electron chi connectivity index (χ4n) is 2.37. The molecule has 4 heteroatoms. The SMILES string of the molecule is Cn1ncnc1CCC(Br)C1CCCC1. The van der Waals surface area contributed by atoms with Crippen LogP contribution in [0.25, 0.3) is 0 Å². The summed E-state index contributed by atoms with van der Waals surface area (Å²) in [6.07, 6.45) is 9.46. The molecule has 0 spiro atoms. The molecule has 0 bridgehead atoms. The van der Waals surface area contributed by atoms with Gasteiger partial charge in [0.15, 0.2) is 0 Å². The first-order chi connectivity index (χ1) is 7.27. The molecule has 0 saturated heterocycles. The molecule has 1 aromatic heterocycles. The van der Waals surface area contributed by atoms with Crippen molar-refractivity contribution in [3.63, 3.8) is 0 Å². The molecule has 0 aliphatic heterocycles. The Labute approximate surface area is 99.4 Å². The molecule has 1 fully saturated rings. The molecular formula is C11H18BrN3. The van der Waals surface area contributed by atoms with Gasteiger partial charge in [0.1, 0.15) is 12.2 Å². The lowest BCUT2D eigenvalue weighted by molar-refractivity contribution is 0.498. The van der Waals surface area contributed by atoms with Gasteiger partial charge in [0.25, 0.3) is 0 Å². The standard InChI is InChI=1S/C11H18BrN3/c1-15-11(13-8-14-15)7-6-10(12)9-4-2-3-5-9/h8-10H,2-7H2,1H3. The average molecular weight is 272 g/mol. The van der Waals surface area contributed by atoms with Crippen molar-refractivity contribution >= 4 is 15.9 Å². The van der Waals surface area contributed by atoms with Gasteiger partial charge in [-0.2, -0.15) is 5.10 Å². The van der Waals surface area contributed by atoms with Gasteiger partial charge in [0, 0.05) is 18.3 Å². The molecule has 0 radical (unpaired) electrons. The van der Waals surface area contributed by atoms with Crippen molar-refractivity contribution in [2.45, 2.75) is 43.4 Å². The summed E-state index contributed by atoms with van der Waals surface area (Å²) >= 11 is 3.82. The van der Waals surface area contributed by atoms with E-state index >= 15 is 0 Å². The van der Waals surface area contributed by atoms with E-state index in [-0.39, 0.29) is 0 Å². The van der Waals surface area contributed by atoms with Crippen LogP contribution < -0.4 is 0 Å². The maximum Gasteiger partial charge on any atom is 0.138 e. The normalized spacial score (nSPS) is 19.6. The fourth-order valence-corrected chi connectivity index (χ4v) is 3.13. The van der Waals surface area contributed by atoms with Crippen molar-refractivity contribution in [2.24, 2.45) is 13.0 Å². The number of hydrogen-bond donors (Lipinski definition) is 0. The summed E-state index contributed by atoms with van der Waals surface area (Å²) in [5, 5.41) is 4.08. The zero-order valence-electron chi connectivity index (χ0n) is 9.19. The number of alkyl halides is 1. The Kier molecular flexibility index (Phi) is 3.78. The molecule has 2 rings (SSSR count). The van der Waals surface area contributed by atoms with E-state index in [9.17, 15) is 0 Å². The van der Waals surface area contributed by atoms with Crippen molar-refractivity contribution in [1.82, 2.24) is 14.8 Å². The number of hydrogen-bond acceptors (Lipinski definition) is 2. The lowest BCUT2D eigenvalue weighted by Crippen LogP contribution is -2.13. The van der Waals surface area contributed by atoms with Crippen molar-refractivity contribution in [2.75, 3.05) is 0 Å². The first-order valence-corrected chi connectivity index (χ1v) is 6.66. The van der Waals surface area contributed by atoms with Crippen LogP contribution in [0, 0.1) is 5.92 Å². The molecule has 3 nitrogen and oxygen atoms in total. The third-order valence-corrected chi connectivity index (χ3v) is 4.57. The van der Waals surface area contributed by atoms with E-state index in [1.165, 1.54) is 32.1 Å². The van der Waals surface area contributed by atoms with Gasteiger partial charge < -0.3 is 0 Å². The number of aromatic nitrogens is 3. The zero-order chi connectivity index (χ0) is 10.7. The topological polar surface area (TPSA) is 30.7 Å². The Hall–Kier alpha value is -0.380. The summed E-state index contributed by atoms with van der Waals surface area (Å²) in [6, 6.07) is 0. The Bertz CT molecular complexity index is 305. The zero-order valence-corrected chi connectivity index (χ0v) is 10.8. The van der Waals surface area contributed by atoms with Crippen molar-refractivity contribution < 1.29 is 0 Å². The Morgan fingerprint density at radius 1 is 1.53 bits per heavy atom. The first kappa shape index (κ1) is 11.1. The number of rotatable bonds is 4. The lowest BCUT2D eigenvalue weighted by Gasteiger charge is -2.16. The van der Waals surface area contributed by atoms with Gasteiger partial charge in [0.2, 0.25) is 0 Å². The van der Waals surface area contributed by atoms with Crippen LogP contribution in [0.3, 0.4) is 0 Å². The summed E-state index contributed by atoms with van der Waals surface area (Å²) in [6.45, 7) is 0. The summed E-state index contributed by atoms with van der Waals surface area (Å²) in [5.41, 5.74) is 0. The van der Waals surface area contributed by atoms with Gasteiger partial charge in [0.05, 0.1) is 0 Å². The second kappa shape index (κ2) is 5.10. The van der Waals surface area contributed by atoms with Crippen molar-refractivity contribution in [1.29, 1.82) is 0 Å². The highest BCUT2D eigenvalue weighted by Crippen LogP contribution is 2.33. The third-order valence-electron chi connectivity index (χ3n) is 3.36. The van der Waals surface area contributed by atoms with Crippen LogP contribution in [0.15, 0.2) is 6.33 Å². The minimum atomic E-state index is 0.664. The highest BCUT2D eigenvalue weighted by Gasteiger charge is 2.22. The largest absolute Gasteiger partial charge is 0.253 e. The summed E-state index contributed by atoms with van der Waals surface area (Å²) in [4.78, 5) is 4.91. The quantitative estimate of drug-likeness (QED) is 0.789. The fraction of sp³-hybridized carbons (Fsp3) is 0.818. The summed E-state index contributed by atoms with van der Waals surface area (Å²) in [5.74, 6) is 1.98. The Morgan fingerprint density at radius 3 is 2.87 bits per heavy atom. The van der Waals surface area contributed by atoms with Crippen LogP contribution in [0.5, 0.6) is 0 Å². The molecule has 1 aliphatic rings. The van der Waals surface area contributed by atoms with E-state index in [1.807, 2.05) is 11.7 Å². The van der Waals surface area contributed by atoms with Crippen LogP contribution in [0.2, 0.25) is 0 Å². The second-order valence-electron chi connectivity index (χ2n) is 4.40. The van der Waals surface area contributed by atoms with Crippen LogP contribution in [0.1, 0.15) is 37.9 Å². The van der Waals surface area contributed by atoms with Crippen LogP contribution >= 0.6 is 15.9 Å². The number of halogens is 1. The summed E-state index contributed by atoms with van der Waals surface area (Å²) in [7, 11) is 1.96. The number of nitrogens with zero attached hydrogens (tertiary/aromatic N) is 3. The minimum Gasteiger partial charge on any atom is -0.253 e. The van der Waals surface area contributed by atoms with E-state index in [4.69, 9.17) is 0 Å². The van der Waals surface area contributed by atoms with Gasteiger partial charge in [-0.3, -0.25) is 4.68 Å². The molecule has 84 valence electrons. The number of aryl methyl sites for hydroxylation is 2. The molecular weight excluding hydrogens is 254 g/mol. The predicted octanol–water partition coefficient (Wildman–Crippen LogP) is 2.70. The molecule has 1 unspecified atom stereocenters. The van der Waals surface area contributed by atoms with Crippen molar-refractivity contribution in [3.05, 3.63) is 12.2 Å². The molecule has 1 atom stereocenters. The van der Waals surface area contributed by atoms with E-state index in [1.54, 1.807) is 6.33 Å². The smallest absolute Gasteiger partial charge is 0.138 e. The Morgan fingerprint density at radius 2 is 2.27 bits per heavy atom. The molecule has 15 heavy (non-hydrogen) atoms. The Balaban J connectivity index is 1.80. The first-order valence-electron chi connectivity index (χ1n) is 5.74. The average Bonchev–Trinajstić information content (AvgIpc) is 2.85. The highest BCUT2D eigenvalue weighted by atomic mass is 79.9. The van der Waals surface area contributed by atoms with Crippen LogP contribution in [-0.4, -0.2) is 19.6 Å². The van der Waals surface area contributed by atoms with Gasteiger partial charge in [-0.25, -0.2) is 4.98 Å². The molecule has 1 aliphatic carbocycles.